The normalized spacial score (nSPS) is 10.0. The molecule has 2 heteroatoms. The Labute approximate surface area is 82.5 Å². The van der Waals surface area contributed by atoms with Crippen molar-refractivity contribution < 1.29 is 0 Å². The number of allylic oxidation sites excluding steroid dienone is 1. The van der Waals surface area contributed by atoms with Crippen LogP contribution in [0.2, 0.25) is 0 Å². The number of aromatic nitrogens is 1. The van der Waals surface area contributed by atoms with Crippen molar-refractivity contribution in [2.45, 2.75) is 6.92 Å². The quantitative estimate of drug-likeness (QED) is 0.723. The van der Waals surface area contributed by atoms with Crippen LogP contribution in [0.5, 0.6) is 0 Å². The van der Waals surface area contributed by atoms with Crippen LogP contribution in [-0.2, 0) is 0 Å². The molecule has 0 aliphatic heterocycles. The number of benzene rings is 1. The number of fused-ring (bicyclic) bond motifs is 1. The molecular formula is C12H10N2. The van der Waals surface area contributed by atoms with Gasteiger partial charge in [-0.05, 0) is 36.8 Å². The summed E-state index contributed by atoms with van der Waals surface area (Å²) in [6, 6.07) is 9.73. The van der Waals surface area contributed by atoms with Gasteiger partial charge in [-0.15, -0.1) is 0 Å². The van der Waals surface area contributed by atoms with Crippen LogP contribution in [-0.4, -0.2) is 4.98 Å². The molecule has 0 amide bonds. The highest BCUT2D eigenvalue weighted by Crippen LogP contribution is 2.20. The van der Waals surface area contributed by atoms with Crippen LogP contribution < -0.4 is 0 Å². The minimum absolute atomic E-state index is 0.685. The SMILES string of the molecule is C=C(C)c1cc2cc(C#N)ccc2[nH]1. The van der Waals surface area contributed by atoms with Gasteiger partial charge in [-0.25, -0.2) is 0 Å². The van der Waals surface area contributed by atoms with E-state index >= 15 is 0 Å². The van der Waals surface area contributed by atoms with Gasteiger partial charge in [0, 0.05) is 16.6 Å². The maximum absolute atomic E-state index is 8.74. The van der Waals surface area contributed by atoms with Crippen LogP contribution in [0.4, 0.5) is 0 Å². The standard InChI is InChI=1S/C12H10N2/c1-8(2)12-6-10-5-9(7-13)3-4-11(10)14-12/h3-6,14H,1H2,2H3. The minimum Gasteiger partial charge on any atom is -0.355 e. The number of hydrogen-bond acceptors (Lipinski definition) is 1. The second-order valence-electron chi connectivity index (χ2n) is 3.38. The number of nitrogens with one attached hydrogen (secondary N) is 1. The van der Waals surface area contributed by atoms with E-state index in [1.165, 1.54) is 0 Å². The minimum atomic E-state index is 0.685. The first-order chi connectivity index (χ1) is 6.70. The average molecular weight is 182 g/mol. The van der Waals surface area contributed by atoms with Crippen molar-refractivity contribution in [3.8, 4) is 6.07 Å². The molecule has 0 unspecified atom stereocenters. The summed E-state index contributed by atoms with van der Waals surface area (Å²) >= 11 is 0. The van der Waals surface area contributed by atoms with Gasteiger partial charge in [0.2, 0.25) is 0 Å². The zero-order valence-corrected chi connectivity index (χ0v) is 7.96. The molecular weight excluding hydrogens is 172 g/mol. The van der Waals surface area contributed by atoms with E-state index in [2.05, 4.69) is 17.6 Å². The molecule has 68 valence electrons. The number of rotatable bonds is 1. The first kappa shape index (κ1) is 8.58. The average Bonchev–Trinajstić information content (AvgIpc) is 2.59. The molecule has 0 atom stereocenters. The lowest BCUT2D eigenvalue weighted by atomic mass is 10.1. The Balaban J connectivity index is 2.67. The zero-order valence-electron chi connectivity index (χ0n) is 7.96. The van der Waals surface area contributed by atoms with Gasteiger partial charge in [0.1, 0.15) is 0 Å². The van der Waals surface area contributed by atoms with Crippen molar-refractivity contribution in [1.29, 1.82) is 5.26 Å². The van der Waals surface area contributed by atoms with Gasteiger partial charge in [0.15, 0.2) is 0 Å². The molecule has 0 aliphatic carbocycles. The van der Waals surface area contributed by atoms with Crippen molar-refractivity contribution >= 4 is 16.5 Å². The molecule has 0 bridgehead atoms. The Morgan fingerprint density at radius 3 is 2.86 bits per heavy atom. The fraction of sp³-hybridized carbons (Fsp3) is 0.0833. The van der Waals surface area contributed by atoms with Crippen LogP contribution in [0, 0.1) is 11.3 Å². The van der Waals surface area contributed by atoms with Gasteiger partial charge in [-0.1, -0.05) is 6.58 Å². The number of nitriles is 1. The van der Waals surface area contributed by atoms with Gasteiger partial charge < -0.3 is 4.98 Å². The molecule has 0 radical (unpaired) electrons. The highest BCUT2D eigenvalue weighted by atomic mass is 14.7. The Hall–Kier alpha value is -2.01. The second-order valence-corrected chi connectivity index (χ2v) is 3.38. The summed E-state index contributed by atoms with van der Waals surface area (Å²) < 4.78 is 0. The van der Waals surface area contributed by atoms with Gasteiger partial charge in [0.05, 0.1) is 11.6 Å². The number of H-pyrrole nitrogens is 1. The van der Waals surface area contributed by atoms with Gasteiger partial charge in [0.25, 0.3) is 0 Å². The van der Waals surface area contributed by atoms with Gasteiger partial charge >= 0.3 is 0 Å². The predicted molar refractivity (Wildman–Crippen MR) is 57.7 cm³/mol. The molecule has 2 aromatic rings. The molecule has 0 aliphatic rings. The molecule has 0 saturated heterocycles. The number of aromatic amines is 1. The summed E-state index contributed by atoms with van der Waals surface area (Å²) in [6.07, 6.45) is 0. The van der Waals surface area contributed by atoms with Crippen LogP contribution in [0.1, 0.15) is 18.2 Å². The third-order valence-electron chi connectivity index (χ3n) is 2.21. The summed E-state index contributed by atoms with van der Waals surface area (Å²) in [7, 11) is 0. The highest BCUT2D eigenvalue weighted by Gasteiger charge is 2.01. The van der Waals surface area contributed by atoms with Gasteiger partial charge in [-0.2, -0.15) is 5.26 Å². The van der Waals surface area contributed by atoms with Crippen molar-refractivity contribution in [2.75, 3.05) is 0 Å². The smallest absolute Gasteiger partial charge is 0.0991 e. The Morgan fingerprint density at radius 1 is 1.43 bits per heavy atom. The molecule has 0 saturated carbocycles. The van der Waals surface area contributed by atoms with Crippen LogP contribution >= 0.6 is 0 Å². The van der Waals surface area contributed by atoms with Crippen molar-refractivity contribution in [3.63, 3.8) is 0 Å². The molecule has 0 spiro atoms. The first-order valence-corrected chi connectivity index (χ1v) is 4.39. The number of hydrogen-bond donors (Lipinski definition) is 1. The Morgan fingerprint density at radius 2 is 2.21 bits per heavy atom. The third kappa shape index (κ3) is 1.29. The highest BCUT2D eigenvalue weighted by molar-refractivity contribution is 5.85. The fourth-order valence-electron chi connectivity index (χ4n) is 1.43. The van der Waals surface area contributed by atoms with Crippen LogP contribution in [0.3, 0.4) is 0 Å². The van der Waals surface area contributed by atoms with Gasteiger partial charge in [-0.3, -0.25) is 0 Å². The summed E-state index contributed by atoms with van der Waals surface area (Å²) in [5.41, 5.74) is 3.75. The lowest BCUT2D eigenvalue weighted by molar-refractivity contribution is 1.39. The molecule has 14 heavy (non-hydrogen) atoms. The van der Waals surface area contributed by atoms with Crippen molar-refractivity contribution in [3.05, 3.63) is 42.1 Å². The molecule has 2 nitrogen and oxygen atoms in total. The zero-order chi connectivity index (χ0) is 10.1. The Kier molecular flexibility index (Phi) is 1.86. The maximum Gasteiger partial charge on any atom is 0.0991 e. The molecule has 2 rings (SSSR count). The van der Waals surface area contributed by atoms with Crippen LogP contribution in [0.25, 0.3) is 16.5 Å². The second kappa shape index (κ2) is 3.04. The number of nitrogens with zero attached hydrogens (tertiary/aromatic N) is 1. The maximum atomic E-state index is 8.74. The van der Waals surface area contributed by atoms with E-state index in [0.717, 1.165) is 22.2 Å². The summed E-state index contributed by atoms with van der Waals surface area (Å²) in [6.45, 7) is 5.82. The lowest BCUT2D eigenvalue weighted by Gasteiger charge is -1.90. The van der Waals surface area contributed by atoms with Crippen LogP contribution in [0.15, 0.2) is 30.8 Å². The van der Waals surface area contributed by atoms with Crippen molar-refractivity contribution in [2.24, 2.45) is 0 Å². The monoisotopic (exact) mass is 182 g/mol. The summed E-state index contributed by atoms with van der Waals surface area (Å²) in [5, 5.41) is 9.79. The van der Waals surface area contributed by atoms with E-state index in [4.69, 9.17) is 5.26 Å². The largest absolute Gasteiger partial charge is 0.355 e. The fourth-order valence-corrected chi connectivity index (χ4v) is 1.43. The molecule has 1 N–H and O–H groups in total. The summed E-state index contributed by atoms with van der Waals surface area (Å²) in [5.74, 6) is 0. The molecule has 1 aromatic carbocycles. The van der Waals surface area contributed by atoms with E-state index in [1.54, 1.807) is 6.07 Å². The van der Waals surface area contributed by atoms with E-state index in [-0.39, 0.29) is 0 Å². The van der Waals surface area contributed by atoms with Crippen molar-refractivity contribution in [1.82, 2.24) is 4.98 Å². The third-order valence-corrected chi connectivity index (χ3v) is 2.21. The molecule has 1 aromatic heterocycles. The lowest BCUT2D eigenvalue weighted by Crippen LogP contribution is -1.74. The van der Waals surface area contributed by atoms with E-state index in [9.17, 15) is 0 Å². The Bertz CT molecular complexity index is 541. The van der Waals surface area contributed by atoms with E-state index in [1.807, 2.05) is 25.1 Å². The predicted octanol–water partition coefficient (Wildman–Crippen LogP) is 3.07. The molecule has 0 fully saturated rings. The summed E-state index contributed by atoms with van der Waals surface area (Å²) in [4.78, 5) is 3.24. The molecule has 1 heterocycles. The first-order valence-electron chi connectivity index (χ1n) is 4.39. The van der Waals surface area contributed by atoms with E-state index < -0.39 is 0 Å². The van der Waals surface area contributed by atoms with E-state index in [0.29, 0.717) is 5.56 Å². The topological polar surface area (TPSA) is 39.6 Å².